The van der Waals surface area contributed by atoms with Crippen LogP contribution in [-0.4, -0.2) is 18.3 Å². The molecule has 0 spiro atoms. The van der Waals surface area contributed by atoms with Gasteiger partial charge >= 0.3 is 0 Å². The zero-order valence-corrected chi connectivity index (χ0v) is 8.35. The number of halogens is 3. The third-order valence-electron chi connectivity index (χ3n) is 1.92. The Morgan fingerprint density at radius 2 is 1.93 bits per heavy atom. The lowest BCUT2D eigenvalue weighted by atomic mass is 10.1. The Balaban J connectivity index is 3.30. The lowest BCUT2D eigenvalue weighted by molar-refractivity contribution is 0.191. The Morgan fingerprint density at radius 3 is 2.40 bits per heavy atom. The first kappa shape index (κ1) is 11.8. The van der Waals surface area contributed by atoms with Crippen LogP contribution in [0.2, 0.25) is 0 Å². The molecule has 0 fully saturated rings. The second-order valence-corrected chi connectivity index (χ2v) is 3.22. The number of rotatable bonds is 3. The van der Waals surface area contributed by atoms with Gasteiger partial charge in [-0.25, -0.2) is 13.2 Å². The van der Waals surface area contributed by atoms with Gasteiger partial charge in [0.05, 0.1) is 13.2 Å². The molecule has 0 saturated carbocycles. The van der Waals surface area contributed by atoms with Crippen LogP contribution < -0.4 is 4.74 Å². The minimum atomic E-state index is -1.29. The number of hydrogen-bond donors (Lipinski definition) is 1. The topological polar surface area (TPSA) is 29.5 Å². The van der Waals surface area contributed by atoms with Crippen molar-refractivity contribution in [1.82, 2.24) is 0 Å². The maximum Gasteiger partial charge on any atom is 0.168 e. The predicted molar refractivity (Wildman–Crippen MR) is 48.3 cm³/mol. The molecule has 0 bridgehead atoms. The summed E-state index contributed by atoms with van der Waals surface area (Å²) >= 11 is 0. The first-order chi connectivity index (χ1) is 6.97. The molecule has 1 rings (SSSR count). The Morgan fingerprint density at radius 1 is 1.33 bits per heavy atom. The van der Waals surface area contributed by atoms with Crippen LogP contribution in [0.5, 0.6) is 5.75 Å². The summed E-state index contributed by atoms with van der Waals surface area (Å²) in [4.78, 5) is 0. The van der Waals surface area contributed by atoms with E-state index < -0.39 is 23.6 Å². The lowest BCUT2D eigenvalue weighted by Crippen LogP contribution is -2.10. The third-order valence-corrected chi connectivity index (χ3v) is 1.92. The Bertz CT molecular complexity index is 364. The van der Waals surface area contributed by atoms with Crippen LogP contribution in [0.25, 0.3) is 0 Å². The van der Waals surface area contributed by atoms with Crippen LogP contribution in [0.15, 0.2) is 6.07 Å². The Kier molecular flexibility index (Phi) is 3.57. The normalized spacial score (nSPS) is 12.7. The van der Waals surface area contributed by atoms with Gasteiger partial charge in [-0.05, 0) is 6.92 Å². The summed E-state index contributed by atoms with van der Waals surface area (Å²) in [6, 6.07) is 0.416. The van der Waals surface area contributed by atoms with E-state index in [-0.39, 0.29) is 17.7 Å². The summed E-state index contributed by atoms with van der Waals surface area (Å²) < 4.78 is 43.9. The number of aliphatic hydroxyl groups excluding tert-OH is 1. The van der Waals surface area contributed by atoms with Crippen molar-refractivity contribution in [2.24, 2.45) is 0 Å². The maximum absolute atomic E-state index is 13.3. The van der Waals surface area contributed by atoms with Gasteiger partial charge < -0.3 is 9.84 Å². The van der Waals surface area contributed by atoms with Crippen LogP contribution in [0.3, 0.4) is 0 Å². The molecule has 1 N–H and O–H groups in total. The first-order valence-corrected chi connectivity index (χ1v) is 4.35. The van der Waals surface area contributed by atoms with E-state index in [1.54, 1.807) is 0 Å². The molecule has 0 aromatic heterocycles. The molecule has 0 heterocycles. The van der Waals surface area contributed by atoms with Crippen LogP contribution in [-0.2, 0) is 6.42 Å². The van der Waals surface area contributed by atoms with E-state index in [0.717, 1.165) is 7.11 Å². The largest absolute Gasteiger partial charge is 0.493 e. The lowest BCUT2D eigenvalue weighted by Gasteiger charge is -2.12. The van der Waals surface area contributed by atoms with Crippen molar-refractivity contribution in [1.29, 1.82) is 0 Å². The summed E-state index contributed by atoms with van der Waals surface area (Å²) in [7, 11) is 1.15. The summed E-state index contributed by atoms with van der Waals surface area (Å²) in [6.45, 7) is 1.39. The highest BCUT2D eigenvalue weighted by atomic mass is 19.2. The van der Waals surface area contributed by atoms with E-state index in [0.29, 0.717) is 6.07 Å². The summed E-state index contributed by atoms with van der Waals surface area (Å²) in [5, 5.41) is 9.06. The molecule has 2 nitrogen and oxygen atoms in total. The second kappa shape index (κ2) is 4.53. The molecule has 0 radical (unpaired) electrons. The average Bonchev–Trinajstić information content (AvgIpc) is 2.13. The van der Waals surface area contributed by atoms with Gasteiger partial charge in [0, 0.05) is 18.1 Å². The predicted octanol–water partition coefficient (Wildman–Crippen LogP) is 2.04. The molecular weight excluding hydrogens is 209 g/mol. The van der Waals surface area contributed by atoms with Crippen LogP contribution in [0.4, 0.5) is 13.2 Å². The van der Waals surface area contributed by atoms with Crippen molar-refractivity contribution in [3.8, 4) is 5.75 Å². The fourth-order valence-electron chi connectivity index (χ4n) is 1.33. The maximum atomic E-state index is 13.3. The van der Waals surface area contributed by atoms with Crippen molar-refractivity contribution in [2.45, 2.75) is 19.4 Å². The molecule has 1 aromatic carbocycles. The molecule has 1 atom stereocenters. The average molecular weight is 220 g/mol. The minimum absolute atomic E-state index is 0.205. The molecule has 0 aliphatic rings. The van der Waals surface area contributed by atoms with E-state index in [2.05, 4.69) is 4.74 Å². The van der Waals surface area contributed by atoms with Crippen LogP contribution in [0.1, 0.15) is 12.5 Å². The van der Waals surface area contributed by atoms with E-state index in [9.17, 15) is 13.2 Å². The minimum Gasteiger partial charge on any atom is -0.493 e. The van der Waals surface area contributed by atoms with Gasteiger partial charge in [-0.3, -0.25) is 0 Å². The van der Waals surface area contributed by atoms with Gasteiger partial charge in [0.15, 0.2) is 23.2 Å². The van der Waals surface area contributed by atoms with Gasteiger partial charge in [0.2, 0.25) is 0 Å². The van der Waals surface area contributed by atoms with E-state index in [1.165, 1.54) is 6.92 Å². The smallest absolute Gasteiger partial charge is 0.168 e. The third kappa shape index (κ3) is 2.41. The molecule has 0 aliphatic carbocycles. The van der Waals surface area contributed by atoms with E-state index >= 15 is 0 Å². The fourth-order valence-corrected chi connectivity index (χ4v) is 1.33. The van der Waals surface area contributed by atoms with Gasteiger partial charge in [0.1, 0.15) is 0 Å². The SMILES string of the molecule is COc1c(F)cc(F)c(F)c1CC(C)O. The highest BCUT2D eigenvalue weighted by Crippen LogP contribution is 2.28. The first-order valence-electron chi connectivity index (χ1n) is 4.35. The zero-order valence-electron chi connectivity index (χ0n) is 8.35. The van der Waals surface area contributed by atoms with Crippen molar-refractivity contribution < 1.29 is 23.0 Å². The summed E-state index contributed by atoms with van der Waals surface area (Å²) in [5.74, 6) is -3.82. The molecule has 1 aromatic rings. The molecule has 0 aliphatic heterocycles. The highest BCUT2D eigenvalue weighted by Gasteiger charge is 2.20. The molecule has 0 amide bonds. The molecule has 15 heavy (non-hydrogen) atoms. The molecule has 1 unspecified atom stereocenters. The van der Waals surface area contributed by atoms with Gasteiger partial charge in [-0.2, -0.15) is 0 Å². The standard InChI is InChI=1S/C10H11F3O2/c1-5(14)3-6-9(13)7(11)4-8(12)10(6)15-2/h4-5,14H,3H2,1-2H3. The monoisotopic (exact) mass is 220 g/mol. The van der Waals surface area contributed by atoms with E-state index in [4.69, 9.17) is 5.11 Å². The summed E-state index contributed by atoms with van der Waals surface area (Å²) in [6.07, 6.45) is -1.11. The summed E-state index contributed by atoms with van der Waals surface area (Å²) in [5.41, 5.74) is -0.287. The number of methoxy groups -OCH3 is 1. The van der Waals surface area contributed by atoms with Gasteiger partial charge in [-0.15, -0.1) is 0 Å². The number of ether oxygens (including phenoxy) is 1. The molecule has 0 saturated heterocycles. The fraction of sp³-hybridized carbons (Fsp3) is 0.400. The number of hydrogen-bond acceptors (Lipinski definition) is 2. The van der Waals surface area contributed by atoms with Crippen molar-refractivity contribution in [2.75, 3.05) is 7.11 Å². The molecular formula is C10H11F3O2. The van der Waals surface area contributed by atoms with E-state index in [1.807, 2.05) is 0 Å². The highest BCUT2D eigenvalue weighted by molar-refractivity contribution is 5.37. The zero-order chi connectivity index (χ0) is 11.6. The quantitative estimate of drug-likeness (QED) is 0.790. The Labute approximate surface area is 85.3 Å². The van der Waals surface area contributed by atoms with Gasteiger partial charge in [0.25, 0.3) is 0 Å². The van der Waals surface area contributed by atoms with Gasteiger partial charge in [-0.1, -0.05) is 0 Å². The van der Waals surface area contributed by atoms with Crippen LogP contribution >= 0.6 is 0 Å². The van der Waals surface area contributed by atoms with Crippen LogP contribution in [0, 0.1) is 17.5 Å². The number of benzene rings is 1. The van der Waals surface area contributed by atoms with Crippen molar-refractivity contribution in [3.05, 3.63) is 29.1 Å². The molecule has 5 heteroatoms. The number of aliphatic hydroxyl groups is 1. The van der Waals surface area contributed by atoms with Crippen molar-refractivity contribution in [3.63, 3.8) is 0 Å². The second-order valence-electron chi connectivity index (χ2n) is 3.22. The molecule has 84 valence electrons. The van der Waals surface area contributed by atoms with Crippen molar-refractivity contribution >= 4 is 0 Å². The Hall–Kier alpha value is -1.23.